The average Bonchev–Trinajstić information content (AvgIpc) is 2.19. The van der Waals surface area contributed by atoms with Crippen LogP contribution in [0.4, 0.5) is 0 Å². The number of rotatable bonds is 4. The lowest BCUT2D eigenvalue weighted by Gasteiger charge is -2.26. The van der Waals surface area contributed by atoms with Gasteiger partial charge in [0, 0.05) is 22.5 Å². The second-order valence-corrected chi connectivity index (χ2v) is 5.86. The van der Waals surface area contributed by atoms with E-state index in [0.717, 1.165) is 18.6 Å². The summed E-state index contributed by atoms with van der Waals surface area (Å²) in [5, 5.41) is 10.3. The molecule has 1 nitrogen and oxygen atoms in total. The first kappa shape index (κ1) is 11.5. The van der Waals surface area contributed by atoms with Crippen molar-refractivity contribution in [3.8, 4) is 0 Å². The van der Waals surface area contributed by atoms with Crippen LogP contribution in [0.15, 0.2) is 12.2 Å². The minimum Gasteiger partial charge on any atom is -0.392 e. The molecule has 0 aliphatic carbocycles. The maximum atomic E-state index is 9.88. The summed E-state index contributed by atoms with van der Waals surface area (Å²) < 4.78 is 0. The minimum atomic E-state index is -0.176. The SMILES string of the molecule is C=C(CC)CC(O)C1CSCCS1. The molecule has 0 aromatic heterocycles. The van der Waals surface area contributed by atoms with Crippen LogP contribution in [0.5, 0.6) is 0 Å². The molecular weight excluding hydrogens is 200 g/mol. The molecule has 13 heavy (non-hydrogen) atoms. The normalized spacial score (nSPS) is 25.5. The Labute approximate surface area is 89.4 Å². The molecule has 1 aliphatic heterocycles. The van der Waals surface area contributed by atoms with Crippen LogP contribution in [-0.4, -0.2) is 33.7 Å². The molecule has 1 saturated heterocycles. The Balaban J connectivity index is 2.28. The smallest absolute Gasteiger partial charge is 0.0703 e. The van der Waals surface area contributed by atoms with Gasteiger partial charge in [0.15, 0.2) is 0 Å². The summed E-state index contributed by atoms with van der Waals surface area (Å²) >= 11 is 3.87. The quantitative estimate of drug-likeness (QED) is 0.732. The fourth-order valence-electron chi connectivity index (χ4n) is 1.30. The highest BCUT2D eigenvalue weighted by Gasteiger charge is 2.22. The molecular formula is C10H18OS2. The van der Waals surface area contributed by atoms with Crippen molar-refractivity contribution in [1.29, 1.82) is 0 Å². The monoisotopic (exact) mass is 218 g/mol. The van der Waals surface area contributed by atoms with Crippen LogP contribution in [0, 0.1) is 0 Å². The standard InChI is InChI=1S/C10H18OS2/c1-3-8(2)6-9(11)10-7-12-4-5-13-10/h9-11H,2-7H2,1H3. The first-order chi connectivity index (χ1) is 6.24. The molecule has 0 radical (unpaired) electrons. The van der Waals surface area contributed by atoms with Crippen LogP contribution in [0.2, 0.25) is 0 Å². The van der Waals surface area contributed by atoms with E-state index < -0.39 is 0 Å². The van der Waals surface area contributed by atoms with Crippen molar-refractivity contribution in [3.63, 3.8) is 0 Å². The number of aliphatic hydroxyl groups is 1. The molecule has 2 unspecified atom stereocenters. The molecule has 0 aromatic carbocycles. The van der Waals surface area contributed by atoms with Gasteiger partial charge in [-0.1, -0.05) is 19.1 Å². The molecule has 0 bridgehead atoms. The van der Waals surface area contributed by atoms with Crippen LogP contribution in [0.25, 0.3) is 0 Å². The summed E-state index contributed by atoms with van der Waals surface area (Å²) in [5.74, 6) is 3.52. The van der Waals surface area contributed by atoms with Crippen LogP contribution >= 0.6 is 23.5 Å². The van der Waals surface area contributed by atoms with Crippen molar-refractivity contribution in [2.75, 3.05) is 17.3 Å². The number of thioether (sulfide) groups is 2. The lowest BCUT2D eigenvalue weighted by molar-refractivity contribution is 0.176. The van der Waals surface area contributed by atoms with E-state index in [2.05, 4.69) is 13.5 Å². The van der Waals surface area contributed by atoms with Crippen molar-refractivity contribution < 1.29 is 5.11 Å². The number of hydrogen-bond acceptors (Lipinski definition) is 3. The fourth-order valence-corrected chi connectivity index (χ4v) is 4.07. The first-order valence-corrected chi connectivity index (χ1v) is 6.98. The van der Waals surface area contributed by atoms with Crippen molar-refractivity contribution >= 4 is 23.5 Å². The highest BCUT2D eigenvalue weighted by molar-refractivity contribution is 8.06. The van der Waals surface area contributed by atoms with Gasteiger partial charge in [-0.05, 0) is 12.8 Å². The fraction of sp³-hybridized carbons (Fsp3) is 0.800. The van der Waals surface area contributed by atoms with E-state index >= 15 is 0 Å². The van der Waals surface area contributed by atoms with Crippen LogP contribution in [0.1, 0.15) is 19.8 Å². The van der Waals surface area contributed by atoms with Gasteiger partial charge in [0.2, 0.25) is 0 Å². The Kier molecular flexibility index (Phi) is 5.29. The molecule has 0 saturated carbocycles. The predicted octanol–water partition coefficient (Wildman–Crippen LogP) is 2.55. The summed E-state index contributed by atoms with van der Waals surface area (Å²) in [6, 6.07) is 0. The minimum absolute atomic E-state index is 0.176. The second kappa shape index (κ2) is 5.99. The van der Waals surface area contributed by atoms with E-state index in [1.54, 1.807) is 0 Å². The van der Waals surface area contributed by atoms with Crippen molar-refractivity contribution in [1.82, 2.24) is 0 Å². The third-order valence-electron chi connectivity index (χ3n) is 2.27. The maximum absolute atomic E-state index is 9.88. The van der Waals surface area contributed by atoms with E-state index in [-0.39, 0.29) is 6.10 Å². The van der Waals surface area contributed by atoms with Gasteiger partial charge in [-0.2, -0.15) is 23.5 Å². The van der Waals surface area contributed by atoms with E-state index in [4.69, 9.17) is 0 Å². The molecule has 1 aliphatic rings. The molecule has 1 fully saturated rings. The zero-order valence-electron chi connectivity index (χ0n) is 8.16. The average molecular weight is 218 g/mol. The summed E-state index contributed by atoms with van der Waals surface area (Å²) in [7, 11) is 0. The topological polar surface area (TPSA) is 20.2 Å². The summed E-state index contributed by atoms with van der Waals surface area (Å²) in [4.78, 5) is 0. The molecule has 1 heterocycles. The molecule has 1 N–H and O–H groups in total. The molecule has 3 heteroatoms. The van der Waals surface area contributed by atoms with Gasteiger partial charge in [0.05, 0.1) is 6.10 Å². The van der Waals surface area contributed by atoms with Gasteiger partial charge in [-0.15, -0.1) is 0 Å². The summed E-state index contributed by atoms with van der Waals surface area (Å²) in [6.07, 6.45) is 1.60. The van der Waals surface area contributed by atoms with Crippen molar-refractivity contribution in [3.05, 3.63) is 12.2 Å². The Hall–Kier alpha value is 0.400. The second-order valence-electron chi connectivity index (χ2n) is 3.36. The van der Waals surface area contributed by atoms with Gasteiger partial charge in [0.25, 0.3) is 0 Å². The molecule has 0 spiro atoms. The van der Waals surface area contributed by atoms with Crippen LogP contribution in [0.3, 0.4) is 0 Å². The number of aliphatic hydroxyl groups excluding tert-OH is 1. The van der Waals surface area contributed by atoms with E-state index in [0.29, 0.717) is 5.25 Å². The van der Waals surface area contributed by atoms with Crippen molar-refractivity contribution in [2.24, 2.45) is 0 Å². The van der Waals surface area contributed by atoms with Gasteiger partial charge in [0.1, 0.15) is 0 Å². The zero-order valence-corrected chi connectivity index (χ0v) is 9.79. The third kappa shape index (κ3) is 3.96. The highest BCUT2D eigenvalue weighted by Crippen LogP contribution is 2.28. The van der Waals surface area contributed by atoms with Crippen molar-refractivity contribution in [2.45, 2.75) is 31.1 Å². The first-order valence-electron chi connectivity index (χ1n) is 4.78. The zero-order chi connectivity index (χ0) is 9.68. The molecule has 0 aromatic rings. The van der Waals surface area contributed by atoms with Gasteiger partial charge < -0.3 is 5.11 Å². The Morgan fingerprint density at radius 1 is 1.62 bits per heavy atom. The highest BCUT2D eigenvalue weighted by atomic mass is 32.2. The van der Waals surface area contributed by atoms with Gasteiger partial charge >= 0.3 is 0 Å². The maximum Gasteiger partial charge on any atom is 0.0703 e. The lowest BCUT2D eigenvalue weighted by atomic mass is 10.1. The molecule has 0 amide bonds. The van der Waals surface area contributed by atoms with E-state index in [9.17, 15) is 5.11 Å². The third-order valence-corrected chi connectivity index (χ3v) is 5.17. The molecule has 1 rings (SSSR count). The largest absolute Gasteiger partial charge is 0.392 e. The van der Waals surface area contributed by atoms with E-state index in [1.165, 1.54) is 17.1 Å². The summed E-state index contributed by atoms with van der Waals surface area (Å²) in [6.45, 7) is 6.03. The van der Waals surface area contributed by atoms with E-state index in [1.807, 2.05) is 23.5 Å². The molecule has 76 valence electrons. The number of hydrogen-bond donors (Lipinski definition) is 1. The molecule has 2 atom stereocenters. The predicted molar refractivity (Wildman–Crippen MR) is 63.6 cm³/mol. The Bertz CT molecular complexity index is 164. The van der Waals surface area contributed by atoms with Crippen LogP contribution < -0.4 is 0 Å². The van der Waals surface area contributed by atoms with Crippen LogP contribution in [-0.2, 0) is 0 Å². The Morgan fingerprint density at radius 2 is 2.38 bits per heavy atom. The van der Waals surface area contributed by atoms with Gasteiger partial charge in [-0.25, -0.2) is 0 Å². The van der Waals surface area contributed by atoms with Gasteiger partial charge in [-0.3, -0.25) is 0 Å². The Morgan fingerprint density at radius 3 is 2.92 bits per heavy atom. The summed E-state index contributed by atoms with van der Waals surface area (Å²) in [5.41, 5.74) is 1.17. The lowest BCUT2D eigenvalue weighted by Crippen LogP contribution is -2.28.